The molecule has 0 spiro atoms. The number of nitrogens with zero attached hydrogens (tertiary/aromatic N) is 4. The van der Waals surface area contributed by atoms with E-state index in [0.29, 0.717) is 19.0 Å². The molecule has 0 saturated carbocycles. The second-order valence-corrected chi connectivity index (χ2v) is 6.88. The number of carbonyl (C=O) groups is 1. The van der Waals surface area contributed by atoms with Crippen molar-refractivity contribution in [2.24, 2.45) is 0 Å². The molecular weight excluding hydrogens is 398 g/mol. The number of amides is 1. The molecule has 1 aliphatic heterocycles. The summed E-state index contributed by atoms with van der Waals surface area (Å²) < 4.78 is 6.40. The first-order chi connectivity index (χ1) is 12.6. The molecule has 0 radical (unpaired) electrons. The lowest BCUT2D eigenvalue weighted by atomic mass is 10.3. The second-order valence-electron chi connectivity index (χ2n) is 5.97. The SMILES string of the molecule is CCOc1cncc(N2CCN(CC(=O)Nc3ccc(Br)cc3)CC2)n1. The molecule has 1 aliphatic rings. The number of rotatable bonds is 6. The fraction of sp³-hybridized carbons (Fsp3) is 0.389. The molecule has 0 bridgehead atoms. The predicted molar refractivity (Wildman–Crippen MR) is 105 cm³/mol. The quantitative estimate of drug-likeness (QED) is 0.774. The summed E-state index contributed by atoms with van der Waals surface area (Å²) >= 11 is 3.39. The van der Waals surface area contributed by atoms with Gasteiger partial charge in [0.2, 0.25) is 11.8 Å². The lowest BCUT2D eigenvalue weighted by Gasteiger charge is -2.34. The van der Waals surface area contributed by atoms with Gasteiger partial charge in [0.1, 0.15) is 0 Å². The molecule has 8 heteroatoms. The highest BCUT2D eigenvalue weighted by atomic mass is 79.9. The number of hydrogen-bond donors (Lipinski definition) is 1. The Morgan fingerprint density at radius 2 is 1.92 bits per heavy atom. The smallest absolute Gasteiger partial charge is 0.238 e. The van der Waals surface area contributed by atoms with Crippen molar-refractivity contribution < 1.29 is 9.53 Å². The summed E-state index contributed by atoms with van der Waals surface area (Å²) in [6.45, 7) is 6.08. The number of piperazine rings is 1. The first kappa shape index (κ1) is 18.6. The van der Waals surface area contributed by atoms with Crippen LogP contribution >= 0.6 is 15.9 Å². The molecule has 2 heterocycles. The second kappa shape index (κ2) is 8.95. The molecule has 1 amide bonds. The maximum absolute atomic E-state index is 12.2. The van der Waals surface area contributed by atoms with Crippen molar-refractivity contribution in [2.75, 3.05) is 49.5 Å². The lowest BCUT2D eigenvalue weighted by Crippen LogP contribution is -2.49. The number of halogens is 1. The van der Waals surface area contributed by atoms with Crippen LogP contribution in [0.25, 0.3) is 0 Å². The van der Waals surface area contributed by atoms with Crippen LogP contribution in [0.5, 0.6) is 5.88 Å². The van der Waals surface area contributed by atoms with Crippen LogP contribution in [-0.4, -0.2) is 60.1 Å². The van der Waals surface area contributed by atoms with E-state index < -0.39 is 0 Å². The molecule has 2 aromatic rings. The van der Waals surface area contributed by atoms with Crippen molar-refractivity contribution in [3.8, 4) is 5.88 Å². The Morgan fingerprint density at radius 1 is 1.19 bits per heavy atom. The number of aromatic nitrogens is 2. The molecule has 1 aromatic carbocycles. The number of anilines is 2. The Hall–Kier alpha value is -2.19. The fourth-order valence-corrected chi connectivity index (χ4v) is 3.04. The van der Waals surface area contributed by atoms with Crippen molar-refractivity contribution in [3.05, 3.63) is 41.1 Å². The van der Waals surface area contributed by atoms with Gasteiger partial charge in [0.25, 0.3) is 0 Å². The molecule has 7 nitrogen and oxygen atoms in total. The summed E-state index contributed by atoms with van der Waals surface area (Å²) in [4.78, 5) is 25.2. The van der Waals surface area contributed by atoms with Crippen LogP contribution in [0.4, 0.5) is 11.5 Å². The predicted octanol–water partition coefficient (Wildman–Crippen LogP) is 2.40. The van der Waals surface area contributed by atoms with Gasteiger partial charge in [-0.1, -0.05) is 15.9 Å². The van der Waals surface area contributed by atoms with E-state index >= 15 is 0 Å². The zero-order valence-corrected chi connectivity index (χ0v) is 16.3. The van der Waals surface area contributed by atoms with Crippen molar-refractivity contribution in [1.82, 2.24) is 14.9 Å². The van der Waals surface area contributed by atoms with Crippen LogP contribution in [0, 0.1) is 0 Å². The van der Waals surface area contributed by atoms with Gasteiger partial charge in [-0.05, 0) is 31.2 Å². The van der Waals surface area contributed by atoms with Crippen LogP contribution in [0.15, 0.2) is 41.1 Å². The van der Waals surface area contributed by atoms with Gasteiger partial charge in [-0.25, -0.2) is 0 Å². The third-order valence-corrected chi connectivity index (χ3v) is 4.61. The molecule has 1 N–H and O–H groups in total. The normalized spacial score (nSPS) is 14.9. The third kappa shape index (κ3) is 5.15. The van der Waals surface area contributed by atoms with Gasteiger partial charge in [-0.2, -0.15) is 4.98 Å². The van der Waals surface area contributed by atoms with Gasteiger partial charge in [-0.15, -0.1) is 0 Å². The van der Waals surface area contributed by atoms with Crippen LogP contribution in [0.1, 0.15) is 6.92 Å². The molecule has 0 unspecified atom stereocenters. The van der Waals surface area contributed by atoms with E-state index in [1.165, 1.54) is 0 Å². The van der Waals surface area contributed by atoms with Gasteiger partial charge in [-0.3, -0.25) is 14.7 Å². The topological polar surface area (TPSA) is 70.6 Å². The highest BCUT2D eigenvalue weighted by Gasteiger charge is 2.20. The van der Waals surface area contributed by atoms with E-state index in [9.17, 15) is 4.79 Å². The van der Waals surface area contributed by atoms with Gasteiger partial charge in [0.05, 0.1) is 25.5 Å². The van der Waals surface area contributed by atoms with Gasteiger partial charge in [0, 0.05) is 36.3 Å². The highest BCUT2D eigenvalue weighted by molar-refractivity contribution is 9.10. The van der Waals surface area contributed by atoms with Crippen molar-refractivity contribution in [2.45, 2.75) is 6.92 Å². The van der Waals surface area contributed by atoms with E-state index in [1.54, 1.807) is 12.4 Å². The van der Waals surface area contributed by atoms with E-state index in [4.69, 9.17) is 4.74 Å². The fourth-order valence-electron chi connectivity index (χ4n) is 2.78. The molecular formula is C18H22BrN5O2. The minimum atomic E-state index is -0.00101. The lowest BCUT2D eigenvalue weighted by molar-refractivity contribution is -0.117. The first-order valence-corrected chi connectivity index (χ1v) is 9.41. The molecule has 0 aliphatic carbocycles. The number of hydrogen-bond acceptors (Lipinski definition) is 6. The van der Waals surface area contributed by atoms with Gasteiger partial charge >= 0.3 is 0 Å². The zero-order valence-electron chi connectivity index (χ0n) is 14.7. The standard InChI is InChI=1S/C18H22BrN5O2/c1-2-26-18-12-20-11-16(22-18)24-9-7-23(8-10-24)13-17(25)21-15-5-3-14(19)4-6-15/h3-6,11-12H,2,7-10,13H2,1H3,(H,21,25). The number of carbonyl (C=O) groups excluding carboxylic acids is 1. The van der Waals surface area contributed by atoms with Crippen LogP contribution in [-0.2, 0) is 4.79 Å². The van der Waals surface area contributed by atoms with E-state index in [0.717, 1.165) is 42.2 Å². The summed E-state index contributed by atoms with van der Waals surface area (Å²) in [6.07, 6.45) is 3.37. The molecule has 1 fully saturated rings. The summed E-state index contributed by atoms with van der Waals surface area (Å²) in [5.41, 5.74) is 0.805. The van der Waals surface area contributed by atoms with Crippen LogP contribution in [0.2, 0.25) is 0 Å². The molecule has 1 saturated heterocycles. The maximum Gasteiger partial charge on any atom is 0.238 e. The zero-order chi connectivity index (χ0) is 18.4. The number of ether oxygens (including phenoxy) is 1. The summed E-state index contributed by atoms with van der Waals surface area (Å²) in [7, 11) is 0. The van der Waals surface area contributed by atoms with E-state index in [2.05, 4.69) is 41.0 Å². The molecule has 1 aromatic heterocycles. The molecule has 0 atom stereocenters. The Balaban J connectivity index is 1.48. The van der Waals surface area contributed by atoms with E-state index in [-0.39, 0.29) is 5.91 Å². The minimum absolute atomic E-state index is 0.00101. The first-order valence-electron chi connectivity index (χ1n) is 8.61. The molecule has 138 valence electrons. The average Bonchev–Trinajstić information content (AvgIpc) is 2.65. The highest BCUT2D eigenvalue weighted by Crippen LogP contribution is 2.17. The summed E-state index contributed by atoms with van der Waals surface area (Å²) in [5.74, 6) is 1.36. The Morgan fingerprint density at radius 3 is 2.62 bits per heavy atom. The number of benzene rings is 1. The van der Waals surface area contributed by atoms with Crippen molar-refractivity contribution in [1.29, 1.82) is 0 Å². The minimum Gasteiger partial charge on any atom is -0.477 e. The average molecular weight is 420 g/mol. The Kier molecular flexibility index (Phi) is 6.40. The van der Waals surface area contributed by atoms with Crippen molar-refractivity contribution >= 4 is 33.3 Å². The Labute approximate surface area is 161 Å². The van der Waals surface area contributed by atoms with Gasteiger partial charge in [0.15, 0.2) is 5.82 Å². The molecule has 3 rings (SSSR count). The monoisotopic (exact) mass is 419 g/mol. The Bertz CT molecular complexity index is 733. The van der Waals surface area contributed by atoms with Crippen molar-refractivity contribution in [3.63, 3.8) is 0 Å². The maximum atomic E-state index is 12.2. The van der Waals surface area contributed by atoms with E-state index in [1.807, 2.05) is 31.2 Å². The van der Waals surface area contributed by atoms with Crippen LogP contribution in [0.3, 0.4) is 0 Å². The van der Waals surface area contributed by atoms with Gasteiger partial charge < -0.3 is 15.0 Å². The largest absolute Gasteiger partial charge is 0.477 e. The van der Waals surface area contributed by atoms with Crippen LogP contribution < -0.4 is 15.0 Å². The summed E-state index contributed by atoms with van der Waals surface area (Å²) in [5, 5.41) is 2.93. The summed E-state index contributed by atoms with van der Waals surface area (Å²) in [6, 6.07) is 7.57. The molecule has 26 heavy (non-hydrogen) atoms. The third-order valence-electron chi connectivity index (χ3n) is 4.08. The number of nitrogens with one attached hydrogen (secondary N) is 1.